The molecule has 0 spiro atoms. The molecule has 66 valence electrons. The zero-order valence-electron chi connectivity index (χ0n) is 7.92. The van der Waals surface area contributed by atoms with Crippen LogP contribution in [0.15, 0.2) is 49.1 Å². The summed E-state index contributed by atoms with van der Waals surface area (Å²) in [6.07, 6.45) is 13.6. The topological polar surface area (TPSA) is 0 Å². The van der Waals surface area contributed by atoms with Gasteiger partial charge >= 0.3 is 0 Å². The SMILES string of the molecule is C=CCC/C=C\C/C=C/C(=C)C. The summed E-state index contributed by atoms with van der Waals surface area (Å²) in [5, 5.41) is 0. The molecule has 0 bridgehead atoms. The summed E-state index contributed by atoms with van der Waals surface area (Å²) in [6, 6.07) is 0. The molecule has 0 unspecified atom stereocenters. The van der Waals surface area contributed by atoms with Gasteiger partial charge in [-0.05, 0) is 26.2 Å². The molecule has 0 aromatic heterocycles. The molecule has 0 atom stereocenters. The van der Waals surface area contributed by atoms with Gasteiger partial charge in [0.2, 0.25) is 0 Å². The lowest BCUT2D eigenvalue weighted by atomic mass is 10.2. The third-order valence-electron chi connectivity index (χ3n) is 1.38. The van der Waals surface area contributed by atoms with Crippen molar-refractivity contribution in [2.24, 2.45) is 0 Å². The van der Waals surface area contributed by atoms with E-state index in [2.05, 4.69) is 31.4 Å². The number of unbranched alkanes of at least 4 members (excludes halogenated alkanes) is 1. The van der Waals surface area contributed by atoms with E-state index in [9.17, 15) is 0 Å². The van der Waals surface area contributed by atoms with Crippen LogP contribution >= 0.6 is 0 Å². The Morgan fingerprint density at radius 1 is 1.17 bits per heavy atom. The Morgan fingerprint density at radius 2 is 1.92 bits per heavy atom. The van der Waals surface area contributed by atoms with Gasteiger partial charge in [-0.25, -0.2) is 0 Å². The first kappa shape index (κ1) is 11.0. The molecular formula is C12H18. The van der Waals surface area contributed by atoms with Crippen molar-refractivity contribution >= 4 is 0 Å². The second kappa shape index (κ2) is 8.06. The maximum absolute atomic E-state index is 3.78. The van der Waals surface area contributed by atoms with Gasteiger partial charge in [-0.1, -0.05) is 42.5 Å². The fourth-order valence-electron chi connectivity index (χ4n) is 0.776. The molecule has 0 rings (SSSR count). The normalized spacial score (nSPS) is 11.1. The Labute approximate surface area is 76.0 Å². The second-order valence-corrected chi connectivity index (χ2v) is 2.82. The number of allylic oxidation sites excluding steroid dienone is 6. The summed E-state index contributed by atoms with van der Waals surface area (Å²) in [6.45, 7) is 9.43. The highest BCUT2D eigenvalue weighted by Crippen LogP contribution is 1.96. The van der Waals surface area contributed by atoms with Crippen molar-refractivity contribution in [2.75, 3.05) is 0 Å². The van der Waals surface area contributed by atoms with Crippen molar-refractivity contribution in [3.05, 3.63) is 49.1 Å². The lowest BCUT2D eigenvalue weighted by molar-refractivity contribution is 1.05. The van der Waals surface area contributed by atoms with Crippen LogP contribution in [0, 0.1) is 0 Å². The maximum atomic E-state index is 3.78. The fourth-order valence-corrected chi connectivity index (χ4v) is 0.776. The summed E-state index contributed by atoms with van der Waals surface area (Å²) in [5.74, 6) is 0. The van der Waals surface area contributed by atoms with Gasteiger partial charge in [0, 0.05) is 0 Å². The molecule has 0 heterocycles. The Balaban J connectivity index is 3.35. The smallest absolute Gasteiger partial charge is 0.0166 e. The van der Waals surface area contributed by atoms with Gasteiger partial charge in [0.25, 0.3) is 0 Å². The lowest BCUT2D eigenvalue weighted by Gasteiger charge is -1.85. The highest BCUT2D eigenvalue weighted by molar-refractivity contribution is 5.12. The average molecular weight is 162 g/mol. The summed E-state index contributed by atoms with van der Waals surface area (Å²) < 4.78 is 0. The minimum atomic E-state index is 1.00. The maximum Gasteiger partial charge on any atom is -0.0166 e. The molecule has 0 saturated heterocycles. The van der Waals surface area contributed by atoms with Crippen molar-refractivity contribution in [1.29, 1.82) is 0 Å². The highest BCUT2D eigenvalue weighted by atomic mass is 13.8. The van der Waals surface area contributed by atoms with Gasteiger partial charge in [-0.2, -0.15) is 0 Å². The predicted molar refractivity (Wildman–Crippen MR) is 57.1 cm³/mol. The third-order valence-corrected chi connectivity index (χ3v) is 1.38. The standard InChI is InChI=1S/C12H18/c1-4-5-6-7-8-9-10-11-12(2)3/h4,7-8,10-11H,1-2,5-6,9H2,3H3/b8-7-,11-10+. The van der Waals surface area contributed by atoms with E-state index in [1.54, 1.807) is 0 Å². The molecule has 0 fully saturated rings. The molecule has 0 N–H and O–H groups in total. The first-order valence-electron chi connectivity index (χ1n) is 4.35. The van der Waals surface area contributed by atoms with Crippen molar-refractivity contribution < 1.29 is 0 Å². The van der Waals surface area contributed by atoms with E-state index in [0.29, 0.717) is 0 Å². The van der Waals surface area contributed by atoms with Crippen LogP contribution in [0.5, 0.6) is 0 Å². The van der Waals surface area contributed by atoms with E-state index in [1.807, 2.05) is 19.1 Å². The number of hydrogen-bond acceptors (Lipinski definition) is 0. The molecule has 0 amide bonds. The molecule has 0 aromatic rings. The molecule has 0 aliphatic heterocycles. The molecule has 0 aromatic carbocycles. The molecule has 0 nitrogen and oxygen atoms in total. The van der Waals surface area contributed by atoms with Crippen molar-refractivity contribution in [3.63, 3.8) is 0 Å². The molecule has 0 heteroatoms. The monoisotopic (exact) mass is 162 g/mol. The van der Waals surface area contributed by atoms with Crippen LogP contribution < -0.4 is 0 Å². The Hall–Kier alpha value is -1.04. The summed E-state index contributed by atoms with van der Waals surface area (Å²) in [7, 11) is 0. The van der Waals surface area contributed by atoms with Crippen LogP contribution in [0.3, 0.4) is 0 Å². The van der Waals surface area contributed by atoms with Crippen LogP contribution in [-0.2, 0) is 0 Å². The van der Waals surface area contributed by atoms with Gasteiger partial charge in [0.15, 0.2) is 0 Å². The predicted octanol–water partition coefficient (Wildman–Crippen LogP) is 4.03. The second-order valence-electron chi connectivity index (χ2n) is 2.82. The first-order valence-corrected chi connectivity index (χ1v) is 4.35. The van der Waals surface area contributed by atoms with E-state index in [1.165, 1.54) is 0 Å². The fraction of sp³-hybridized carbons (Fsp3) is 0.333. The van der Waals surface area contributed by atoms with Crippen LogP contribution in [0.1, 0.15) is 26.2 Å². The highest BCUT2D eigenvalue weighted by Gasteiger charge is 1.75. The van der Waals surface area contributed by atoms with Crippen LogP contribution in [0.2, 0.25) is 0 Å². The van der Waals surface area contributed by atoms with E-state index in [0.717, 1.165) is 24.8 Å². The van der Waals surface area contributed by atoms with Crippen LogP contribution in [-0.4, -0.2) is 0 Å². The number of hydrogen-bond donors (Lipinski definition) is 0. The van der Waals surface area contributed by atoms with E-state index < -0.39 is 0 Å². The van der Waals surface area contributed by atoms with Gasteiger partial charge in [-0.3, -0.25) is 0 Å². The average Bonchev–Trinajstić information content (AvgIpc) is 2.02. The summed E-state index contributed by atoms with van der Waals surface area (Å²) in [4.78, 5) is 0. The Bertz CT molecular complexity index is 182. The van der Waals surface area contributed by atoms with Crippen LogP contribution in [0.4, 0.5) is 0 Å². The van der Waals surface area contributed by atoms with Gasteiger partial charge < -0.3 is 0 Å². The summed E-state index contributed by atoms with van der Waals surface area (Å²) in [5.41, 5.74) is 1.11. The minimum Gasteiger partial charge on any atom is -0.103 e. The minimum absolute atomic E-state index is 1.00. The summed E-state index contributed by atoms with van der Waals surface area (Å²) >= 11 is 0. The van der Waals surface area contributed by atoms with E-state index in [-0.39, 0.29) is 0 Å². The molecule has 12 heavy (non-hydrogen) atoms. The molecular weight excluding hydrogens is 144 g/mol. The lowest BCUT2D eigenvalue weighted by Crippen LogP contribution is -1.65. The molecule has 0 aliphatic carbocycles. The van der Waals surface area contributed by atoms with E-state index >= 15 is 0 Å². The molecule has 0 aliphatic rings. The Kier molecular flexibility index (Phi) is 7.36. The zero-order chi connectivity index (χ0) is 9.23. The number of rotatable bonds is 6. The van der Waals surface area contributed by atoms with Gasteiger partial charge in [0.1, 0.15) is 0 Å². The van der Waals surface area contributed by atoms with Crippen molar-refractivity contribution in [2.45, 2.75) is 26.2 Å². The zero-order valence-corrected chi connectivity index (χ0v) is 7.92. The molecule has 0 saturated carbocycles. The van der Waals surface area contributed by atoms with E-state index in [4.69, 9.17) is 0 Å². The first-order chi connectivity index (χ1) is 5.77. The van der Waals surface area contributed by atoms with Crippen LogP contribution in [0.25, 0.3) is 0 Å². The third kappa shape index (κ3) is 8.96. The largest absolute Gasteiger partial charge is 0.103 e. The Morgan fingerprint density at radius 3 is 2.50 bits per heavy atom. The van der Waals surface area contributed by atoms with Gasteiger partial charge in [-0.15, -0.1) is 6.58 Å². The van der Waals surface area contributed by atoms with Crippen molar-refractivity contribution in [1.82, 2.24) is 0 Å². The quantitative estimate of drug-likeness (QED) is 0.314. The molecule has 0 radical (unpaired) electrons. The van der Waals surface area contributed by atoms with Crippen molar-refractivity contribution in [3.8, 4) is 0 Å². The van der Waals surface area contributed by atoms with Gasteiger partial charge in [0.05, 0.1) is 0 Å².